The van der Waals surface area contributed by atoms with Crippen LogP contribution in [0, 0.1) is 17.1 Å². The zero-order valence-electron chi connectivity index (χ0n) is 11.5. The number of hydrazine groups is 1. The standard InChI is InChI=1S/C14H15FN6/c1-2-3-11-13(18-8-19-14(11)21-17)20-12-5-4-10(15)6-9(12)7-16/h4-6,8H,2-3,17H2,1H3,(H2,18,19,20,21). The number of nitrogen functional groups attached to an aromatic ring is 1. The molecule has 1 heterocycles. The molecular formula is C14H15FN6. The average Bonchev–Trinajstić information content (AvgIpc) is 2.50. The van der Waals surface area contributed by atoms with E-state index in [0.717, 1.165) is 12.0 Å². The van der Waals surface area contributed by atoms with Crippen LogP contribution in [0.2, 0.25) is 0 Å². The number of nitrogens with one attached hydrogen (secondary N) is 2. The number of nitrogens with two attached hydrogens (primary N) is 1. The van der Waals surface area contributed by atoms with E-state index in [0.29, 0.717) is 23.7 Å². The number of nitriles is 1. The molecule has 4 N–H and O–H groups in total. The molecule has 108 valence electrons. The first-order valence-electron chi connectivity index (χ1n) is 6.46. The Labute approximate surface area is 121 Å². The Morgan fingerprint density at radius 3 is 2.76 bits per heavy atom. The molecule has 6 nitrogen and oxygen atoms in total. The molecule has 0 saturated carbocycles. The second-order valence-corrected chi connectivity index (χ2v) is 4.37. The molecule has 0 atom stereocenters. The fraction of sp³-hybridized carbons (Fsp3) is 0.214. The van der Waals surface area contributed by atoms with Crippen molar-refractivity contribution >= 4 is 17.3 Å². The predicted molar refractivity (Wildman–Crippen MR) is 78.2 cm³/mol. The maximum atomic E-state index is 13.2. The zero-order chi connectivity index (χ0) is 15.2. The van der Waals surface area contributed by atoms with Crippen LogP contribution in [-0.4, -0.2) is 9.97 Å². The zero-order valence-corrected chi connectivity index (χ0v) is 11.5. The first-order chi connectivity index (χ1) is 10.2. The Morgan fingerprint density at radius 1 is 1.33 bits per heavy atom. The van der Waals surface area contributed by atoms with Gasteiger partial charge in [0.25, 0.3) is 0 Å². The van der Waals surface area contributed by atoms with Crippen molar-refractivity contribution < 1.29 is 4.39 Å². The molecule has 0 aliphatic carbocycles. The highest BCUT2D eigenvalue weighted by Crippen LogP contribution is 2.26. The molecule has 21 heavy (non-hydrogen) atoms. The largest absolute Gasteiger partial charge is 0.339 e. The average molecular weight is 286 g/mol. The van der Waals surface area contributed by atoms with Gasteiger partial charge in [-0.2, -0.15) is 5.26 Å². The topological polar surface area (TPSA) is 99.7 Å². The number of anilines is 3. The van der Waals surface area contributed by atoms with Crippen LogP contribution in [0.5, 0.6) is 0 Å². The molecule has 0 amide bonds. The van der Waals surface area contributed by atoms with Gasteiger partial charge in [-0.15, -0.1) is 0 Å². The van der Waals surface area contributed by atoms with Crippen LogP contribution in [0.1, 0.15) is 24.5 Å². The molecule has 1 aromatic heterocycles. The Kier molecular flexibility index (Phi) is 4.64. The number of rotatable bonds is 5. The quantitative estimate of drug-likeness (QED) is 0.576. The molecule has 0 unspecified atom stereocenters. The van der Waals surface area contributed by atoms with Crippen LogP contribution < -0.4 is 16.6 Å². The van der Waals surface area contributed by atoms with E-state index in [4.69, 9.17) is 11.1 Å². The minimum atomic E-state index is -0.460. The maximum absolute atomic E-state index is 13.2. The Balaban J connectivity index is 2.42. The normalized spacial score (nSPS) is 10.0. The van der Waals surface area contributed by atoms with Crippen molar-refractivity contribution in [2.24, 2.45) is 5.84 Å². The van der Waals surface area contributed by atoms with Crippen LogP contribution in [0.3, 0.4) is 0 Å². The molecule has 0 bridgehead atoms. The molecule has 0 saturated heterocycles. The van der Waals surface area contributed by atoms with Gasteiger partial charge >= 0.3 is 0 Å². The number of halogens is 1. The number of aromatic nitrogens is 2. The summed E-state index contributed by atoms with van der Waals surface area (Å²) in [6, 6.07) is 5.91. The maximum Gasteiger partial charge on any atom is 0.148 e. The minimum absolute atomic E-state index is 0.207. The highest BCUT2D eigenvalue weighted by Gasteiger charge is 2.12. The van der Waals surface area contributed by atoms with E-state index in [1.54, 1.807) is 0 Å². The SMILES string of the molecule is CCCc1c(NN)ncnc1Nc1ccc(F)cc1C#N. The molecule has 0 aliphatic rings. The van der Waals surface area contributed by atoms with Gasteiger partial charge in [0.1, 0.15) is 29.8 Å². The second-order valence-electron chi connectivity index (χ2n) is 4.37. The first kappa shape index (κ1) is 14.7. The molecular weight excluding hydrogens is 271 g/mol. The number of hydrogen-bond acceptors (Lipinski definition) is 6. The van der Waals surface area contributed by atoms with Crippen molar-refractivity contribution in [2.45, 2.75) is 19.8 Å². The van der Waals surface area contributed by atoms with E-state index in [1.807, 2.05) is 13.0 Å². The molecule has 0 spiro atoms. The summed E-state index contributed by atoms with van der Waals surface area (Å²) in [6.07, 6.45) is 2.96. The fourth-order valence-corrected chi connectivity index (χ4v) is 1.98. The van der Waals surface area contributed by atoms with Crippen molar-refractivity contribution in [3.63, 3.8) is 0 Å². The highest BCUT2D eigenvalue weighted by molar-refractivity contribution is 5.69. The van der Waals surface area contributed by atoms with Crippen molar-refractivity contribution in [2.75, 3.05) is 10.7 Å². The number of nitrogens with zero attached hydrogens (tertiary/aromatic N) is 3. The predicted octanol–water partition coefficient (Wildman–Crippen LogP) is 2.47. The van der Waals surface area contributed by atoms with Crippen molar-refractivity contribution in [3.05, 3.63) is 41.5 Å². The molecule has 0 fully saturated rings. The summed E-state index contributed by atoms with van der Waals surface area (Å²) < 4.78 is 13.2. The first-order valence-corrected chi connectivity index (χ1v) is 6.46. The summed E-state index contributed by atoms with van der Waals surface area (Å²) in [6.45, 7) is 2.02. The summed E-state index contributed by atoms with van der Waals surface area (Å²) in [5.41, 5.74) is 4.03. The molecule has 0 radical (unpaired) electrons. The summed E-state index contributed by atoms with van der Waals surface area (Å²) in [4.78, 5) is 8.24. The minimum Gasteiger partial charge on any atom is -0.339 e. The van der Waals surface area contributed by atoms with Gasteiger partial charge in [0, 0.05) is 5.56 Å². The van der Waals surface area contributed by atoms with Gasteiger partial charge < -0.3 is 10.7 Å². The lowest BCUT2D eigenvalue weighted by molar-refractivity contribution is 0.627. The number of benzene rings is 1. The lowest BCUT2D eigenvalue weighted by atomic mass is 10.1. The monoisotopic (exact) mass is 286 g/mol. The molecule has 7 heteroatoms. The summed E-state index contributed by atoms with van der Waals surface area (Å²) in [5.74, 6) is 6.06. The van der Waals surface area contributed by atoms with Gasteiger partial charge in [-0.1, -0.05) is 13.3 Å². The van der Waals surface area contributed by atoms with E-state index in [1.165, 1.54) is 24.5 Å². The van der Waals surface area contributed by atoms with Crippen molar-refractivity contribution in [3.8, 4) is 6.07 Å². The number of hydrogen-bond donors (Lipinski definition) is 3. The van der Waals surface area contributed by atoms with Gasteiger partial charge in [0.15, 0.2) is 0 Å². The van der Waals surface area contributed by atoms with E-state index in [9.17, 15) is 4.39 Å². The molecule has 2 aromatic rings. The van der Waals surface area contributed by atoms with Gasteiger partial charge in [0.2, 0.25) is 0 Å². The van der Waals surface area contributed by atoms with E-state index in [-0.39, 0.29) is 5.56 Å². The smallest absolute Gasteiger partial charge is 0.148 e. The van der Waals surface area contributed by atoms with E-state index >= 15 is 0 Å². The van der Waals surface area contributed by atoms with Gasteiger partial charge in [0.05, 0.1) is 11.3 Å². The third kappa shape index (κ3) is 3.24. The third-order valence-electron chi connectivity index (χ3n) is 2.94. The Morgan fingerprint density at radius 2 is 2.10 bits per heavy atom. The van der Waals surface area contributed by atoms with Gasteiger partial charge in [-0.05, 0) is 24.6 Å². The summed E-state index contributed by atoms with van der Waals surface area (Å²) in [7, 11) is 0. The molecule has 1 aromatic carbocycles. The van der Waals surface area contributed by atoms with Crippen molar-refractivity contribution in [1.82, 2.24) is 9.97 Å². The van der Waals surface area contributed by atoms with Crippen LogP contribution >= 0.6 is 0 Å². The van der Waals surface area contributed by atoms with Crippen LogP contribution in [0.4, 0.5) is 21.7 Å². The van der Waals surface area contributed by atoms with Crippen LogP contribution in [0.25, 0.3) is 0 Å². The van der Waals surface area contributed by atoms with E-state index in [2.05, 4.69) is 20.7 Å². The van der Waals surface area contributed by atoms with Gasteiger partial charge in [-0.3, -0.25) is 0 Å². The van der Waals surface area contributed by atoms with Crippen LogP contribution in [0.15, 0.2) is 24.5 Å². The lowest BCUT2D eigenvalue weighted by Crippen LogP contribution is -2.13. The van der Waals surface area contributed by atoms with Crippen molar-refractivity contribution in [1.29, 1.82) is 5.26 Å². The highest BCUT2D eigenvalue weighted by atomic mass is 19.1. The fourth-order valence-electron chi connectivity index (χ4n) is 1.98. The van der Waals surface area contributed by atoms with E-state index < -0.39 is 5.82 Å². The van der Waals surface area contributed by atoms with Crippen LogP contribution in [-0.2, 0) is 6.42 Å². The second kappa shape index (κ2) is 6.63. The molecule has 2 rings (SSSR count). The lowest BCUT2D eigenvalue weighted by Gasteiger charge is -2.14. The third-order valence-corrected chi connectivity index (χ3v) is 2.94. The van der Waals surface area contributed by atoms with Gasteiger partial charge in [-0.25, -0.2) is 20.2 Å². The Bertz CT molecular complexity index is 680. The summed E-state index contributed by atoms with van der Waals surface area (Å²) >= 11 is 0. The Hall–Kier alpha value is -2.72. The summed E-state index contributed by atoms with van der Waals surface area (Å²) in [5, 5.41) is 12.1. The molecule has 0 aliphatic heterocycles.